The van der Waals surface area contributed by atoms with E-state index in [-0.39, 0.29) is 11.8 Å². The van der Waals surface area contributed by atoms with E-state index in [4.69, 9.17) is 9.72 Å². The normalized spacial score (nSPS) is 25.6. The highest BCUT2D eigenvalue weighted by molar-refractivity contribution is 5.92. The van der Waals surface area contributed by atoms with Gasteiger partial charge in [0.15, 0.2) is 5.82 Å². The van der Waals surface area contributed by atoms with E-state index in [0.29, 0.717) is 41.1 Å². The van der Waals surface area contributed by atoms with Crippen LogP contribution >= 0.6 is 0 Å². The molecule has 0 N–H and O–H groups in total. The van der Waals surface area contributed by atoms with Crippen molar-refractivity contribution in [3.63, 3.8) is 0 Å². The highest BCUT2D eigenvalue weighted by Gasteiger charge is 2.35. The molecule has 3 atom stereocenters. The van der Waals surface area contributed by atoms with Crippen LogP contribution in [0.2, 0.25) is 0 Å². The van der Waals surface area contributed by atoms with E-state index < -0.39 is 0 Å². The first-order chi connectivity index (χ1) is 17.6. The second kappa shape index (κ2) is 8.94. The van der Waals surface area contributed by atoms with Crippen molar-refractivity contribution in [3.8, 4) is 17.3 Å². The molecular formula is C29H34FN5O. The zero-order valence-corrected chi connectivity index (χ0v) is 21.0. The number of anilines is 1. The topological polar surface area (TPSA) is 54.4 Å². The van der Waals surface area contributed by atoms with Gasteiger partial charge in [-0.3, -0.25) is 4.98 Å². The molecule has 36 heavy (non-hydrogen) atoms. The molecule has 2 aliphatic carbocycles. The molecule has 0 radical (unpaired) electrons. The van der Waals surface area contributed by atoms with Crippen LogP contribution in [0.1, 0.15) is 49.7 Å². The Hall–Kier alpha value is -2.80. The molecule has 0 spiro atoms. The molecular weight excluding hydrogens is 453 g/mol. The number of hydrogen-bond acceptors (Lipinski definition) is 6. The molecule has 3 aromatic rings. The number of aryl methyl sites for hydroxylation is 1. The monoisotopic (exact) mass is 487 g/mol. The zero-order chi connectivity index (χ0) is 24.2. The summed E-state index contributed by atoms with van der Waals surface area (Å²) in [6.07, 6.45) is 11.1. The van der Waals surface area contributed by atoms with E-state index in [9.17, 15) is 0 Å². The minimum Gasteiger partial charge on any atom is -0.462 e. The Kier molecular flexibility index (Phi) is 5.57. The third-order valence-corrected chi connectivity index (χ3v) is 9.03. The smallest absolute Gasteiger partial charge is 0.319 e. The standard InChI is InChI=1S/C29H34FN5O/c1-34-12-4-7-21(34)17-36-29-32-27-24(28(33-29)35-15-18-10-11-19(13-18)16-35)14-31-26(25(27)30)23-9-3-6-20-5-2-8-22(20)23/h3,6,9,14,18-19,21H,2,4-5,7-8,10-13,15-17H2,1H3/t18?,19?,21-/m0/s1. The zero-order valence-electron chi connectivity index (χ0n) is 21.0. The highest BCUT2D eigenvalue weighted by atomic mass is 19.1. The molecule has 2 aliphatic heterocycles. The van der Waals surface area contributed by atoms with Crippen molar-refractivity contribution in [2.45, 2.75) is 57.4 Å². The van der Waals surface area contributed by atoms with E-state index in [1.807, 2.05) is 12.1 Å². The maximum Gasteiger partial charge on any atom is 0.319 e. The second-order valence-electron chi connectivity index (χ2n) is 11.3. The van der Waals surface area contributed by atoms with Crippen molar-refractivity contribution in [3.05, 3.63) is 41.3 Å². The summed E-state index contributed by atoms with van der Waals surface area (Å²) in [5.41, 5.74) is 4.16. The van der Waals surface area contributed by atoms with E-state index in [1.165, 1.54) is 36.8 Å². The van der Waals surface area contributed by atoms with Crippen LogP contribution < -0.4 is 9.64 Å². The molecule has 2 aromatic heterocycles. The number of fused-ring (bicyclic) bond motifs is 4. The third kappa shape index (κ3) is 3.83. The number of ether oxygens (including phenoxy) is 1. The van der Waals surface area contributed by atoms with Crippen LogP contribution in [0.5, 0.6) is 6.01 Å². The molecule has 4 heterocycles. The largest absolute Gasteiger partial charge is 0.462 e. The van der Waals surface area contributed by atoms with Gasteiger partial charge < -0.3 is 14.5 Å². The lowest BCUT2D eigenvalue weighted by molar-refractivity contribution is 0.188. The van der Waals surface area contributed by atoms with Crippen LogP contribution in [-0.2, 0) is 12.8 Å². The highest BCUT2D eigenvalue weighted by Crippen LogP contribution is 2.41. The second-order valence-corrected chi connectivity index (χ2v) is 11.3. The summed E-state index contributed by atoms with van der Waals surface area (Å²) >= 11 is 0. The number of rotatable bonds is 5. The summed E-state index contributed by atoms with van der Waals surface area (Å²) in [7, 11) is 2.13. The molecule has 1 aromatic carbocycles. The summed E-state index contributed by atoms with van der Waals surface area (Å²) in [5, 5.41) is 0.690. The Balaban J connectivity index is 1.32. The summed E-state index contributed by atoms with van der Waals surface area (Å²) < 4.78 is 22.5. The SMILES string of the molecule is CN1CCC[C@H]1COc1nc(N2CC3CCC(C3)C2)c2cnc(-c3cccc4c3CCC4)c(F)c2n1. The molecule has 4 aliphatic rings. The van der Waals surface area contributed by atoms with Crippen LogP contribution in [0.3, 0.4) is 0 Å². The van der Waals surface area contributed by atoms with Crippen molar-refractivity contribution in [2.75, 3.05) is 38.2 Å². The molecule has 188 valence electrons. The van der Waals surface area contributed by atoms with Gasteiger partial charge in [-0.05, 0) is 87.9 Å². The van der Waals surface area contributed by atoms with Gasteiger partial charge in [0.05, 0.1) is 5.39 Å². The predicted octanol–water partition coefficient (Wildman–Crippen LogP) is 5.03. The lowest BCUT2D eigenvalue weighted by Crippen LogP contribution is -2.37. The minimum atomic E-state index is -0.362. The molecule has 2 unspecified atom stereocenters. The average Bonchev–Trinajstić information content (AvgIpc) is 3.62. The van der Waals surface area contributed by atoms with Crippen LogP contribution in [0.15, 0.2) is 24.4 Å². The molecule has 3 fully saturated rings. The van der Waals surface area contributed by atoms with Crippen LogP contribution in [0, 0.1) is 17.7 Å². The minimum absolute atomic E-state index is 0.282. The number of hydrogen-bond donors (Lipinski definition) is 0. The van der Waals surface area contributed by atoms with Gasteiger partial charge in [-0.15, -0.1) is 0 Å². The Labute approximate surface area is 211 Å². The first-order valence-electron chi connectivity index (χ1n) is 13.7. The number of nitrogens with zero attached hydrogens (tertiary/aromatic N) is 5. The van der Waals surface area contributed by atoms with Crippen molar-refractivity contribution in [1.29, 1.82) is 0 Å². The van der Waals surface area contributed by atoms with Crippen molar-refractivity contribution < 1.29 is 9.13 Å². The fraction of sp³-hybridized carbons (Fsp3) is 0.552. The first-order valence-corrected chi connectivity index (χ1v) is 13.7. The Morgan fingerprint density at radius 2 is 1.92 bits per heavy atom. The van der Waals surface area contributed by atoms with Crippen molar-refractivity contribution >= 4 is 16.7 Å². The lowest BCUT2D eigenvalue weighted by atomic mass is 9.98. The molecule has 2 saturated heterocycles. The Morgan fingerprint density at radius 1 is 1.06 bits per heavy atom. The van der Waals surface area contributed by atoms with Crippen LogP contribution in [0.25, 0.3) is 22.2 Å². The van der Waals surface area contributed by atoms with E-state index in [0.717, 1.165) is 56.7 Å². The molecule has 6 nitrogen and oxygen atoms in total. The van der Waals surface area contributed by atoms with Gasteiger partial charge in [-0.25, -0.2) is 4.39 Å². The summed E-state index contributed by atoms with van der Waals surface area (Å²) in [6, 6.07) is 6.81. The third-order valence-electron chi connectivity index (χ3n) is 9.03. The fourth-order valence-corrected chi connectivity index (χ4v) is 7.10. The number of pyridine rings is 1. The number of halogens is 1. The van der Waals surface area contributed by atoms with Gasteiger partial charge >= 0.3 is 6.01 Å². The van der Waals surface area contributed by atoms with Crippen LogP contribution in [0.4, 0.5) is 10.2 Å². The van der Waals surface area contributed by atoms with Gasteiger partial charge in [-0.2, -0.15) is 9.97 Å². The number of aromatic nitrogens is 3. The van der Waals surface area contributed by atoms with Gasteiger partial charge in [0.25, 0.3) is 0 Å². The Morgan fingerprint density at radius 3 is 2.72 bits per heavy atom. The number of piperidine rings is 1. The van der Waals surface area contributed by atoms with Crippen molar-refractivity contribution in [2.24, 2.45) is 11.8 Å². The summed E-state index contributed by atoms with van der Waals surface area (Å²) in [4.78, 5) is 18.9. The van der Waals surface area contributed by atoms with Crippen LogP contribution in [-0.4, -0.2) is 59.2 Å². The van der Waals surface area contributed by atoms with Gasteiger partial charge in [0, 0.05) is 30.9 Å². The lowest BCUT2D eigenvalue weighted by Gasteiger charge is -2.33. The Bertz CT molecular complexity index is 1300. The van der Waals surface area contributed by atoms with Gasteiger partial charge in [0.2, 0.25) is 0 Å². The summed E-state index contributed by atoms with van der Waals surface area (Å²) in [5.74, 6) is 1.80. The van der Waals surface area contributed by atoms with E-state index in [1.54, 1.807) is 6.20 Å². The molecule has 7 heteroatoms. The number of likely N-dealkylation sites (N-methyl/N-ethyl adjacent to an activating group) is 1. The van der Waals surface area contributed by atoms with Crippen molar-refractivity contribution in [1.82, 2.24) is 19.9 Å². The average molecular weight is 488 g/mol. The van der Waals surface area contributed by atoms with E-state index >= 15 is 4.39 Å². The first kappa shape index (κ1) is 22.4. The molecule has 0 amide bonds. The number of likely N-dealkylation sites (tertiary alicyclic amines) is 1. The molecule has 1 saturated carbocycles. The maximum atomic E-state index is 16.3. The molecule has 7 rings (SSSR count). The van der Waals surface area contributed by atoms with Gasteiger partial charge in [0.1, 0.15) is 23.6 Å². The molecule has 2 bridgehead atoms. The van der Waals surface area contributed by atoms with E-state index in [2.05, 4.69) is 32.9 Å². The quantitative estimate of drug-likeness (QED) is 0.503. The summed E-state index contributed by atoms with van der Waals surface area (Å²) in [6.45, 7) is 3.53. The predicted molar refractivity (Wildman–Crippen MR) is 139 cm³/mol. The van der Waals surface area contributed by atoms with Gasteiger partial charge in [-0.1, -0.05) is 18.2 Å². The fourth-order valence-electron chi connectivity index (χ4n) is 7.10. The maximum absolute atomic E-state index is 16.3. The number of benzene rings is 1.